The third kappa shape index (κ3) is 4.52. The summed E-state index contributed by atoms with van der Waals surface area (Å²) in [7, 11) is 2.14. The predicted octanol–water partition coefficient (Wildman–Crippen LogP) is 3.55. The van der Waals surface area contributed by atoms with Crippen molar-refractivity contribution in [3.63, 3.8) is 0 Å². The van der Waals surface area contributed by atoms with Crippen LogP contribution in [0.4, 0.5) is 17.5 Å². The van der Waals surface area contributed by atoms with Gasteiger partial charge >= 0.3 is 0 Å². The fourth-order valence-corrected chi connectivity index (χ4v) is 4.63. The molecule has 0 spiro atoms. The number of nitrogens with zero attached hydrogens (tertiary/aromatic N) is 6. The molecular weight excluding hydrogens is 430 g/mol. The highest BCUT2D eigenvalue weighted by molar-refractivity contribution is 5.99. The summed E-state index contributed by atoms with van der Waals surface area (Å²) in [5.41, 5.74) is 2.17. The number of anilines is 3. The SMILES string of the molecule is CCC(CC)n1c(=O)c(C(C)=O)c(C)c2cnc(Nc3ccc(N4CCN(C)CC4)cn3)nc21. The van der Waals surface area contributed by atoms with E-state index in [0.717, 1.165) is 44.7 Å². The topological polar surface area (TPSA) is 96.2 Å². The maximum absolute atomic E-state index is 13.3. The summed E-state index contributed by atoms with van der Waals surface area (Å²) in [6.45, 7) is 11.3. The van der Waals surface area contributed by atoms with E-state index < -0.39 is 0 Å². The standard InChI is InChI=1S/C25H33N7O2/c1-6-18(7-2)32-23-20(16(3)22(17(4)33)24(32)34)15-27-25(29-23)28-21-9-8-19(14-26-21)31-12-10-30(5)11-13-31/h8-9,14-15,18H,6-7,10-13H2,1-5H3,(H,26,27,28,29). The maximum Gasteiger partial charge on any atom is 0.263 e. The molecule has 4 heterocycles. The number of hydrogen-bond acceptors (Lipinski definition) is 8. The fourth-order valence-electron chi connectivity index (χ4n) is 4.63. The van der Waals surface area contributed by atoms with Gasteiger partial charge in [0.25, 0.3) is 5.56 Å². The summed E-state index contributed by atoms with van der Waals surface area (Å²) in [6.07, 6.45) is 5.06. The monoisotopic (exact) mass is 463 g/mol. The van der Waals surface area contributed by atoms with Crippen LogP contribution < -0.4 is 15.8 Å². The second-order valence-electron chi connectivity index (χ2n) is 8.95. The number of aryl methyl sites for hydroxylation is 1. The van der Waals surface area contributed by atoms with E-state index in [9.17, 15) is 9.59 Å². The molecule has 1 N–H and O–H groups in total. The van der Waals surface area contributed by atoms with E-state index in [1.165, 1.54) is 6.92 Å². The lowest BCUT2D eigenvalue weighted by Crippen LogP contribution is -2.44. The number of ketones is 1. The van der Waals surface area contributed by atoms with Gasteiger partial charge in [0.05, 0.1) is 17.4 Å². The first-order valence-electron chi connectivity index (χ1n) is 11.9. The molecule has 0 radical (unpaired) electrons. The van der Waals surface area contributed by atoms with Gasteiger partial charge in [-0.25, -0.2) is 9.97 Å². The van der Waals surface area contributed by atoms with Crippen LogP contribution in [-0.4, -0.2) is 63.4 Å². The molecule has 9 heteroatoms. The van der Waals surface area contributed by atoms with Gasteiger partial charge in [0.2, 0.25) is 5.95 Å². The third-order valence-electron chi connectivity index (χ3n) is 6.72. The molecule has 0 saturated carbocycles. The Hall–Kier alpha value is -3.33. The molecule has 1 fully saturated rings. The van der Waals surface area contributed by atoms with E-state index in [4.69, 9.17) is 4.98 Å². The summed E-state index contributed by atoms with van der Waals surface area (Å²) in [4.78, 5) is 44.0. The average Bonchev–Trinajstić information content (AvgIpc) is 2.82. The van der Waals surface area contributed by atoms with Crippen LogP contribution in [0.5, 0.6) is 0 Å². The minimum Gasteiger partial charge on any atom is -0.368 e. The van der Waals surface area contributed by atoms with Crippen molar-refractivity contribution < 1.29 is 4.79 Å². The molecule has 0 amide bonds. The predicted molar refractivity (Wildman–Crippen MR) is 135 cm³/mol. The normalized spacial score (nSPS) is 14.7. The summed E-state index contributed by atoms with van der Waals surface area (Å²) in [6, 6.07) is 3.90. The molecule has 34 heavy (non-hydrogen) atoms. The smallest absolute Gasteiger partial charge is 0.263 e. The summed E-state index contributed by atoms with van der Waals surface area (Å²) in [5.74, 6) is 0.753. The van der Waals surface area contributed by atoms with Crippen molar-refractivity contribution in [3.05, 3.63) is 46.0 Å². The van der Waals surface area contributed by atoms with Crippen molar-refractivity contribution in [2.24, 2.45) is 0 Å². The van der Waals surface area contributed by atoms with Crippen molar-refractivity contribution in [3.8, 4) is 0 Å². The van der Waals surface area contributed by atoms with Gasteiger partial charge in [0.15, 0.2) is 5.78 Å². The fraction of sp³-hybridized carbons (Fsp3) is 0.480. The summed E-state index contributed by atoms with van der Waals surface area (Å²) < 4.78 is 1.66. The van der Waals surface area contributed by atoms with Gasteiger partial charge in [0, 0.05) is 43.8 Å². The Labute approximate surface area is 199 Å². The van der Waals surface area contributed by atoms with E-state index >= 15 is 0 Å². The van der Waals surface area contributed by atoms with E-state index in [2.05, 4.69) is 32.1 Å². The molecule has 4 rings (SSSR count). The molecule has 1 saturated heterocycles. The number of fused-ring (bicyclic) bond motifs is 1. The molecule has 1 aliphatic heterocycles. The maximum atomic E-state index is 13.3. The Balaban J connectivity index is 1.69. The number of rotatable bonds is 7. The molecule has 3 aromatic heterocycles. The van der Waals surface area contributed by atoms with Gasteiger partial charge in [-0.15, -0.1) is 0 Å². The van der Waals surface area contributed by atoms with Gasteiger partial charge in [-0.2, -0.15) is 4.98 Å². The zero-order chi connectivity index (χ0) is 24.4. The van der Waals surface area contributed by atoms with Crippen LogP contribution in [0.3, 0.4) is 0 Å². The summed E-state index contributed by atoms with van der Waals surface area (Å²) >= 11 is 0. The van der Waals surface area contributed by atoms with E-state index in [-0.39, 0.29) is 22.9 Å². The lowest BCUT2D eigenvalue weighted by molar-refractivity contribution is 0.101. The molecule has 0 atom stereocenters. The number of carbonyl (C=O) groups is 1. The Kier molecular flexibility index (Phi) is 6.92. The van der Waals surface area contributed by atoms with Gasteiger partial charge in [-0.3, -0.25) is 14.2 Å². The number of likely N-dealkylation sites (N-methyl/N-ethyl adjacent to an activating group) is 1. The van der Waals surface area contributed by atoms with Crippen LogP contribution in [0.25, 0.3) is 11.0 Å². The number of nitrogens with one attached hydrogen (secondary N) is 1. The average molecular weight is 464 g/mol. The Morgan fingerprint density at radius 1 is 1.09 bits per heavy atom. The quantitative estimate of drug-likeness (QED) is 0.532. The zero-order valence-corrected chi connectivity index (χ0v) is 20.6. The molecule has 0 unspecified atom stereocenters. The van der Waals surface area contributed by atoms with Gasteiger partial charge in [0.1, 0.15) is 11.5 Å². The van der Waals surface area contributed by atoms with Gasteiger partial charge < -0.3 is 15.1 Å². The Morgan fingerprint density at radius 2 is 1.79 bits per heavy atom. The number of carbonyl (C=O) groups excluding carboxylic acids is 1. The first-order chi connectivity index (χ1) is 16.3. The van der Waals surface area contributed by atoms with Crippen LogP contribution >= 0.6 is 0 Å². The molecular formula is C25H33N7O2. The number of Topliss-reactive ketones (excluding diaryl/α,β-unsaturated/α-hetero) is 1. The minimum atomic E-state index is -0.287. The van der Waals surface area contributed by atoms with Crippen LogP contribution in [0.1, 0.15) is 55.6 Å². The first kappa shape index (κ1) is 23.8. The van der Waals surface area contributed by atoms with E-state index in [1.54, 1.807) is 17.7 Å². The Morgan fingerprint density at radius 3 is 2.38 bits per heavy atom. The third-order valence-corrected chi connectivity index (χ3v) is 6.72. The van der Waals surface area contributed by atoms with Crippen molar-refractivity contribution in [2.45, 2.75) is 46.6 Å². The number of pyridine rings is 2. The molecule has 1 aliphatic rings. The second-order valence-corrected chi connectivity index (χ2v) is 8.95. The second kappa shape index (κ2) is 9.89. The number of piperazine rings is 1. The Bertz CT molecular complexity index is 1240. The van der Waals surface area contributed by atoms with Gasteiger partial charge in [-0.05, 0) is 51.4 Å². The van der Waals surface area contributed by atoms with Crippen LogP contribution in [0.15, 0.2) is 29.3 Å². The van der Waals surface area contributed by atoms with Crippen molar-refractivity contribution in [2.75, 3.05) is 43.4 Å². The van der Waals surface area contributed by atoms with Crippen LogP contribution in [0, 0.1) is 6.92 Å². The summed E-state index contributed by atoms with van der Waals surface area (Å²) in [5, 5.41) is 3.88. The molecule has 0 aromatic carbocycles. The minimum absolute atomic E-state index is 0.0579. The van der Waals surface area contributed by atoms with Crippen molar-refractivity contribution in [1.82, 2.24) is 24.4 Å². The van der Waals surface area contributed by atoms with E-state index in [0.29, 0.717) is 28.4 Å². The van der Waals surface area contributed by atoms with Crippen molar-refractivity contribution in [1.29, 1.82) is 0 Å². The molecule has 0 aliphatic carbocycles. The van der Waals surface area contributed by atoms with Crippen molar-refractivity contribution >= 4 is 34.3 Å². The highest BCUT2D eigenvalue weighted by Gasteiger charge is 2.22. The number of hydrogen-bond donors (Lipinski definition) is 1. The molecule has 180 valence electrons. The lowest BCUT2D eigenvalue weighted by Gasteiger charge is -2.33. The highest BCUT2D eigenvalue weighted by atomic mass is 16.1. The van der Waals surface area contributed by atoms with Gasteiger partial charge in [-0.1, -0.05) is 13.8 Å². The molecule has 0 bridgehead atoms. The zero-order valence-electron chi connectivity index (χ0n) is 20.6. The van der Waals surface area contributed by atoms with E-state index in [1.807, 2.05) is 32.2 Å². The molecule has 3 aromatic rings. The lowest BCUT2D eigenvalue weighted by atomic mass is 10.0. The first-order valence-corrected chi connectivity index (χ1v) is 11.9. The number of aromatic nitrogens is 4. The molecule has 9 nitrogen and oxygen atoms in total. The largest absolute Gasteiger partial charge is 0.368 e. The van der Waals surface area contributed by atoms with Crippen LogP contribution in [-0.2, 0) is 0 Å². The highest BCUT2D eigenvalue weighted by Crippen LogP contribution is 2.25. The van der Waals surface area contributed by atoms with Crippen LogP contribution in [0.2, 0.25) is 0 Å².